The number of para-hydroxylation sites is 2. The maximum Gasteiger partial charge on any atom is 0.0646 e. The number of benzene rings is 1. The SMILES string of the molecule is CC(C)(C)OCCNc1ccccc1NCCOC(C)(C)C. The molecule has 126 valence electrons. The minimum absolute atomic E-state index is 0.0935. The van der Waals surface area contributed by atoms with E-state index in [0.717, 1.165) is 24.5 Å². The third-order valence-corrected chi connectivity index (χ3v) is 2.83. The summed E-state index contributed by atoms with van der Waals surface area (Å²) >= 11 is 0. The van der Waals surface area contributed by atoms with Crippen LogP contribution in [0.25, 0.3) is 0 Å². The van der Waals surface area contributed by atoms with Crippen molar-refractivity contribution in [2.75, 3.05) is 36.9 Å². The minimum atomic E-state index is -0.0935. The van der Waals surface area contributed by atoms with Gasteiger partial charge < -0.3 is 20.1 Å². The van der Waals surface area contributed by atoms with Crippen molar-refractivity contribution in [3.05, 3.63) is 24.3 Å². The first-order valence-corrected chi connectivity index (χ1v) is 8.02. The van der Waals surface area contributed by atoms with E-state index in [0.29, 0.717) is 13.2 Å². The van der Waals surface area contributed by atoms with Crippen molar-refractivity contribution in [1.29, 1.82) is 0 Å². The average molecular weight is 308 g/mol. The standard InChI is InChI=1S/C18H32N2O2/c1-17(2,3)21-13-11-19-15-9-7-8-10-16(15)20-12-14-22-18(4,5)6/h7-10,19-20H,11-14H2,1-6H3. The Bertz CT molecular complexity index is 392. The Kier molecular flexibility index (Phi) is 7.17. The van der Waals surface area contributed by atoms with Gasteiger partial charge in [-0.3, -0.25) is 0 Å². The highest BCUT2D eigenvalue weighted by Crippen LogP contribution is 2.20. The summed E-state index contributed by atoms with van der Waals surface area (Å²) in [5, 5.41) is 6.83. The van der Waals surface area contributed by atoms with Gasteiger partial charge in [0.15, 0.2) is 0 Å². The number of ether oxygens (including phenoxy) is 2. The molecule has 1 aromatic carbocycles. The van der Waals surface area contributed by atoms with Gasteiger partial charge in [-0.2, -0.15) is 0 Å². The molecule has 0 aromatic heterocycles. The van der Waals surface area contributed by atoms with Crippen LogP contribution in [0.3, 0.4) is 0 Å². The third kappa shape index (κ3) is 8.90. The molecular formula is C18H32N2O2. The molecule has 2 N–H and O–H groups in total. The number of anilines is 2. The van der Waals surface area contributed by atoms with Crippen LogP contribution in [-0.2, 0) is 9.47 Å². The van der Waals surface area contributed by atoms with Crippen LogP contribution >= 0.6 is 0 Å². The third-order valence-electron chi connectivity index (χ3n) is 2.83. The van der Waals surface area contributed by atoms with Crippen LogP contribution in [0, 0.1) is 0 Å². The Hall–Kier alpha value is -1.26. The molecule has 0 saturated carbocycles. The van der Waals surface area contributed by atoms with Crippen molar-refractivity contribution in [1.82, 2.24) is 0 Å². The van der Waals surface area contributed by atoms with Crippen LogP contribution in [0.1, 0.15) is 41.5 Å². The van der Waals surface area contributed by atoms with Crippen molar-refractivity contribution in [2.45, 2.75) is 52.7 Å². The van der Waals surface area contributed by atoms with Crippen molar-refractivity contribution < 1.29 is 9.47 Å². The summed E-state index contributed by atoms with van der Waals surface area (Å²) in [4.78, 5) is 0. The predicted molar refractivity (Wildman–Crippen MR) is 94.8 cm³/mol. The first-order valence-electron chi connectivity index (χ1n) is 8.02. The zero-order valence-corrected chi connectivity index (χ0v) is 15.0. The maximum absolute atomic E-state index is 5.72. The van der Waals surface area contributed by atoms with Crippen LogP contribution in [0.2, 0.25) is 0 Å². The first kappa shape index (κ1) is 18.8. The monoisotopic (exact) mass is 308 g/mol. The lowest BCUT2D eigenvalue weighted by molar-refractivity contribution is 0.00283. The Balaban J connectivity index is 2.38. The molecule has 1 aromatic rings. The second kappa shape index (κ2) is 8.39. The van der Waals surface area contributed by atoms with E-state index in [1.54, 1.807) is 0 Å². The summed E-state index contributed by atoms with van der Waals surface area (Å²) in [7, 11) is 0. The molecule has 4 nitrogen and oxygen atoms in total. The van der Waals surface area contributed by atoms with Crippen LogP contribution < -0.4 is 10.6 Å². The summed E-state index contributed by atoms with van der Waals surface area (Å²) in [6, 6.07) is 8.21. The lowest BCUT2D eigenvalue weighted by Gasteiger charge is -2.21. The predicted octanol–water partition coefficient (Wildman–Crippen LogP) is 4.14. The Morgan fingerprint density at radius 2 is 1.09 bits per heavy atom. The van der Waals surface area contributed by atoms with E-state index in [1.807, 2.05) is 12.1 Å². The van der Waals surface area contributed by atoms with Gasteiger partial charge in [0.1, 0.15) is 0 Å². The van der Waals surface area contributed by atoms with Crippen LogP contribution in [0.4, 0.5) is 11.4 Å². The van der Waals surface area contributed by atoms with Gasteiger partial charge in [0.2, 0.25) is 0 Å². The molecule has 0 aliphatic rings. The van der Waals surface area contributed by atoms with Gasteiger partial charge in [-0.25, -0.2) is 0 Å². The van der Waals surface area contributed by atoms with Gasteiger partial charge in [-0.05, 0) is 53.7 Å². The summed E-state index contributed by atoms with van der Waals surface area (Å²) < 4.78 is 11.4. The molecule has 0 saturated heterocycles. The molecule has 0 unspecified atom stereocenters. The van der Waals surface area contributed by atoms with Crippen LogP contribution in [0.5, 0.6) is 0 Å². The van der Waals surface area contributed by atoms with Gasteiger partial charge in [0, 0.05) is 13.1 Å². The molecule has 0 heterocycles. The fourth-order valence-corrected chi connectivity index (χ4v) is 1.88. The first-order chi connectivity index (χ1) is 10.2. The second-order valence-electron chi connectivity index (χ2n) is 7.32. The summed E-state index contributed by atoms with van der Waals surface area (Å²) in [5.74, 6) is 0. The zero-order chi connectivity index (χ0) is 16.6. The number of nitrogens with one attached hydrogen (secondary N) is 2. The van der Waals surface area contributed by atoms with E-state index in [-0.39, 0.29) is 11.2 Å². The van der Waals surface area contributed by atoms with Crippen molar-refractivity contribution in [3.63, 3.8) is 0 Å². The summed E-state index contributed by atoms with van der Waals surface area (Å²) in [6.45, 7) is 15.3. The Morgan fingerprint density at radius 3 is 1.41 bits per heavy atom. The second-order valence-corrected chi connectivity index (χ2v) is 7.32. The molecule has 0 radical (unpaired) electrons. The van der Waals surface area contributed by atoms with E-state index >= 15 is 0 Å². The van der Waals surface area contributed by atoms with E-state index < -0.39 is 0 Å². The molecule has 0 fully saturated rings. The van der Waals surface area contributed by atoms with Gasteiger partial charge in [-0.15, -0.1) is 0 Å². The van der Waals surface area contributed by atoms with Gasteiger partial charge >= 0.3 is 0 Å². The van der Waals surface area contributed by atoms with E-state index in [1.165, 1.54) is 0 Å². The smallest absolute Gasteiger partial charge is 0.0646 e. The minimum Gasteiger partial charge on any atom is -0.381 e. The molecule has 4 heteroatoms. The molecule has 0 aliphatic heterocycles. The van der Waals surface area contributed by atoms with Crippen molar-refractivity contribution in [3.8, 4) is 0 Å². The quantitative estimate of drug-likeness (QED) is 0.708. The Morgan fingerprint density at radius 1 is 0.727 bits per heavy atom. The molecule has 0 atom stereocenters. The Labute approximate surface area is 135 Å². The van der Waals surface area contributed by atoms with Crippen LogP contribution in [-0.4, -0.2) is 37.5 Å². The van der Waals surface area contributed by atoms with E-state index in [2.05, 4.69) is 64.3 Å². The lowest BCUT2D eigenvalue weighted by Crippen LogP contribution is -2.24. The topological polar surface area (TPSA) is 42.5 Å². The number of hydrogen-bond donors (Lipinski definition) is 2. The fourth-order valence-electron chi connectivity index (χ4n) is 1.88. The molecule has 22 heavy (non-hydrogen) atoms. The highest BCUT2D eigenvalue weighted by atomic mass is 16.5. The number of hydrogen-bond acceptors (Lipinski definition) is 4. The molecule has 1 rings (SSSR count). The van der Waals surface area contributed by atoms with Gasteiger partial charge in [0.25, 0.3) is 0 Å². The van der Waals surface area contributed by atoms with Gasteiger partial charge in [0.05, 0.1) is 35.8 Å². The molecule has 0 aliphatic carbocycles. The summed E-state index contributed by atoms with van der Waals surface area (Å²) in [6.07, 6.45) is 0. The van der Waals surface area contributed by atoms with Gasteiger partial charge in [-0.1, -0.05) is 12.1 Å². The molecule has 0 bridgehead atoms. The van der Waals surface area contributed by atoms with E-state index in [4.69, 9.17) is 9.47 Å². The highest BCUT2D eigenvalue weighted by molar-refractivity contribution is 5.68. The lowest BCUT2D eigenvalue weighted by atomic mass is 10.2. The molecule has 0 amide bonds. The normalized spacial score (nSPS) is 12.3. The average Bonchev–Trinajstić information content (AvgIpc) is 2.39. The van der Waals surface area contributed by atoms with E-state index in [9.17, 15) is 0 Å². The fraction of sp³-hybridized carbons (Fsp3) is 0.667. The molecule has 0 spiro atoms. The highest BCUT2D eigenvalue weighted by Gasteiger charge is 2.10. The van der Waals surface area contributed by atoms with Crippen LogP contribution in [0.15, 0.2) is 24.3 Å². The maximum atomic E-state index is 5.72. The summed E-state index contributed by atoms with van der Waals surface area (Å²) in [5.41, 5.74) is 2.00. The molecular weight excluding hydrogens is 276 g/mol. The number of rotatable bonds is 8. The van der Waals surface area contributed by atoms with Crippen molar-refractivity contribution >= 4 is 11.4 Å². The van der Waals surface area contributed by atoms with Crippen molar-refractivity contribution in [2.24, 2.45) is 0 Å². The largest absolute Gasteiger partial charge is 0.381 e. The zero-order valence-electron chi connectivity index (χ0n) is 15.0.